The minimum Gasteiger partial charge on any atom is -0.447 e. The molecule has 2 amide bonds. The van der Waals surface area contributed by atoms with Crippen LogP contribution in [0.4, 0.5) is 9.18 Å². The number of carbonyl (C=O) groups is 2. The summed E-state index contributed by atoms with van der Waals surface area (Å²) >= 11 is 0. The molecule has 1 aromatic rings. The zero-order valence-corrected chi connectivity index (χ0v) is 13.1. The average molecular weight is 321 g/mol. The SMILES string of the molecule is C/C=C(\F)[C@H](O)[C@H](C)C(=O)N1C(=O)OC[C@H]1Cc1ccccc1. The second kappa shape index (κ2) is 7.37. The van der Waals surface area contributed by atoms with Gasteiger partial charge in [-0.25, -0.2) is 14.1 Å². The summed E-state index contributed by atoms with van der Waals surface area (Å²) in [5.41, 5.74) is 0.960. The normalized spacial score (nSPS) is 21.0. The van der Waals surface area contributed by atoms with Gasteiger partial charge in [-0.05, 0) is 18.9 Å². The number of halogens is 1. The summed E-state index contributed by atoms with van der Waals surface area (Å²) in [5, 5.41) is 9.84. The fourth-order valence-corrected chi connectivity index (χ4v) is 2.53. The van der Waals surface area contributed by atoms with Crippen LogP contribution in [0.5, 0.6) is 0 Å². The first kappa shape index (κ1) is 17.1. The highest BCUT2D eigenvalue weighted by Gasteiger charge is 2.41. The molecule has 0 aliphatic carbocycles. The van der Waals surface area contributed by atoms with Crippen molar-refractivity contribution in [1.82, 2.24) is 4.90 Å². The monoisotopic (exact) mass is 321 g/mol. The lowest BCUT2D eigenvalue weighted by molar-refractivity contribution is -0.135. The maximum Gasteiger partial charge on any atom is 0.416 e. The van der Waals surface area contributed by atoms with Crippen LogP contribution in [0.25, 0.3) is 0 Å². The molecule has 23 heavy (non-hydrogen) atoms. The molecule has 1 aliphatic rings. The number of amides is 2. The number of carbonyl (C=O) groups excluding carboxylic acids is 2. The summed E-state index contributed by atoms with van der Waals surface area (Å²) in [7, 11) is 0. The first-order valence-corrected chi connectivity index (χ1v) is 7.49. The molecule has 2 rings (SSSR count). The molecule has 0 unspecified atom stereocenters. The first-order valence-electron chi connectivity index (χ1n) is 7.49. The molecule has 1 fully saturated rings. The van der Waals surface area contributed by atoms with Crippen LogP contribution in [0.1, 0.15) is 19.4 Å². The van der Waals surface area contributed by atoms with Gasteiger partial charge in [0.25, 0.3) is 0 Å². The molecule has 1 heterocycles. The minimum atomic E-state index is -1.57. The van der Waals surface area contributed by atoms with Crippen molar-refractivity contribution in [2.75, 3.05) is 6.61 Å². The van der Waals surface area contributed by atoms with E-state index in [1.165, 1.54) is 13.8 Å². The average Bonchev–Trinajstić information content (AvgIpc) is 2.93. The fraction of sp³-hybridized carbons (Fsp3) is 0.412. The molecule has 0 aromatic heterocycles. The minimum absolute atomic E-state index is 0.0916. The smallest absolute Gasteiger partial charge is 0.416 e. The van der Waals surface area contributed by atoms with Gasteiger partial charge in [0.05, 0.1) is 12.0 Å². The molecule has 3 atom stereocenters. The topological polar surface area (TPSA) is 66.8 Å². The van der Waals surface area contributed by atoms with Gasteiger partial charge >= 0.3 is 6.09 Å². The summed E-state index contributed by atoms with van der Waals surface area (Å²) in [4.78, 5) is 25.4. The highest BCUT2D eigenvalue weighted by molar-refractivity contribution is 5.95. The number of benzene rings is 1. The summed E-state index contributed by atoms with van der Waals surface area (Å²) in [5.74, 6) is -2.51. The summed E-state index contributed by atoms with van der Waals surface area (Å²) in [6, 6.07) is 8.94. The maximum absolute atomic E-state index is 13.5. The zero-order chi connectivity index (χ0) is 17.0. The highest BCUT2D eigenvalue weighted by Crippen LogP contribution is 2.23. The third kappa shape index (κ3) is 3.76. The molecule has 0 spiro atoms. The van der Waals surface area contributed by atoms with Gasteiger partial charge in [-0.1, -0.05) is 43.3 Å². The fourth-order valence-electron chi connectivity index (χ4n) is 2.53. The van der Waals surface area contributed by atoms with Crippen molar-refractivity contribution in [1.29, 1.82) is 0 Å². The molecule has 0 bridgehead atoms. The number of aliphatic hydroxyl groups is 1. The quantitative estimate of drug-likeness (QED) is 0.904. The van der Waals surface area contributed by atoms with Gasteiger partial charge in [0, 0.05) is 0 Å². The molecular weight excluding hydrogens is 301 g/mol. The van der Waals surface area contributed by atoms with Gasteiger partial charge < -0.3 is 9.84 Å². The van der Waals surface area contributed by atoms with Crippen molar-refractivity contribution in [2.45, 2.75) is 32.4 Å². The van der Waals surface area contributed by atoms with Crippen LogP contribution in [0, 0.1) is 5.92 Å². The van der Waals surface area contributed by atoms with Gasteiger partial charge in [-0.3, -0.25) is 4.79 Å². The van der Waals surface area contributed by atoms with E-state index in [1.54, 1.807) is 0 Å². The molecule has 5 nitrogen and oxygen atoms in total. The summed E-state index contributed by atoms with van der Waals surface area (Å²) in [6.45, 7) is 2.91. The Balaban J connectivity index is 2.14. The van der Waals surface area contributed by atoms with Gasteiger partial charge in [0.15, 0.2) is 0 Å². The van der Waals surface area contributed by atoms with Gasteiger partial charge in [-0.15, -0.1) is 0 Å². The number of ether oxygens (including phenoxy) is 1. The van der Waals surface area contributed by atoms with Crippen LogP contribution < -0.4 is 0 Å². The van der Waals surface area contributed by atoms with Crippen molar-refractivity contribution in [3.8, 4) is 0 Å². The Hall–Kier alpha value is -2.21. The number of rotatable bonds is 5. The number of imide groups is 1. The van der Waals surface area contributed by atoms with Gasteiger partial charge in [-0.2, -0.15) is 0 Å². The maximum atomic E-state index is 13.5. The predicted molar refractivity (Wildman–Crippen MR) is 82.2 cm³/mol. The zero-order valence-electron chi connectivity index (χ0n) is 13.1. The van der Waals surface area contributed by atoms with E-state index in [0.29, 0.717) is 6.42 Å². The number of allylic oxidation sites excluding steroid dienone is 1. The highest BCUT2D eigenvalue weighted by atomic mass is 19.1. The Morgan fingerprint density at radius 3 is 2.74 bits per heavy atom. The van der Waals surface area contributed by atoms with E-state index >= 15 is 0 Å². The Morgan fingerprint density at radius 1 is 1.48 bits per heavy atom. The number of nitrogens with zero attached hydrogens (tertiary/aromatic N) is 1. The van der Waals surface area contributed by atoms with Crippen molar-refractivity contribution in [3.63, 3.8) is 0 Å². The number of aliphatic hydroxyl groups excluding tert-OH is 1. The lowest BCUT2D eigenvalue weighted by Gasteiger charge is -2.25. The van der Waals surface area contributed by atoms with E-state index < -0.39 is 35.9 Å². The van der Waals surface area contributed by atoms with Crippen LogP contribution >= 0.6 is 0 Å². The van der Waals surface area contributed by atoms with E-state index in [4.69, 9.17) is 4.74 Å². The Labute approximate surface area is 134 Å². The molecule has 1 aliphatic heterocycles. The van der Waals surface area contributed by atoms with E-state index in [-0.39, 0.29) is 6.61 Å². The number of cyclic esters (lactones) is 1. The van der Waals surface area contributed by atoms with E-state index in [2.05, 4.69) is 0 Å². The van der Waals surface area contributed by atoms with Crippen LogP contribution in [0.2, 0.25) is 0 Å². The molecule has 0 radical (unpaired) electrons. The Kier molecular flexibility index (Phi) is 5.50. The van der Waals surface area contributed by atoms with Crippen LogP contribution in [0.15, 0.2) is 42.2 Å². The van der Waals surface area contributed by atoms with Gasteiger partial charge in [0.2, 0.25) is 5.91 Å². The molecule has 1 N–H and O–H groups in total. The van der Waals surface area contributed by atoms with Gasteiger partial charge in [0.1, 0.15) is 18.5 Å². The number of hydrogen-bond donors (Lipinski definition) is 1. The van der Waals surface area contributed by atoms with Crippen molar-refractivity contribution in [3.05, 3.63) is 47.8 Å². The number of hydrogen-bond acceptors (Lipinski definition) is 4. The summed E-state index contributed by atoms with van der Waals surface area (Å²) in [6.07, 6.45) is -0.778. The van der Waals surface area contributed by atoms with E-state index in [9.17, 15) is 19.1 Å². The summed E-state index contributed by atoms with van der Waals surface area (Å²) < 4.78 is 18.5. The molecule has 0 saturated carbocycles. The lowest BCUT2D eigenvalue weighted by Crippen LogP contribution is -2.45. The van der Waals surface area contributed by atoms with Crippen LogP contribution in [0.3, 0.4) is 0 Å². The Bertz CT molecular complexity index is 602. The lowest BCUT2D eigenvalue weighted by atomic mass is 9.99. The van der Waals surface area contributed by atoms with E-state index in [1.807, 2.05) is 30.3 Å². The van der Waals surface area contributed by atoms with Crippen LogP contribution in [-0.2, 0) is 16.0 Å². The molecule has 1 aromatic carbocycles. The van der Waals surface area contributed by atoms with E-state index in [0.717, 1.165) is 16.5 Å². The third-order valence-corrected chi connectivity index (χ3v) is 3.93. The van der Waals surface area contributed by atoms with Crippen LogP contribution in [-0.4, -0.2) is 40.8 Å². The largest absolute Gasteiger partial charge is 0.447 e. The molecular formula is C17H20FNO4. The third-order valence-electron chi connectivity index (χ3n) is 3.93. The predicted octanol–water partition coefficient (Wildman–Crippen LogP) is 2.45. The standard InChI is InChI=1S/C17H20FNO4/c1-3-14(18)15(20)11(2)16(21)19-13(10-23-17(19)22)9-12-7-5-4-6-8-12/h3-8,11,13,15,20H,9-10H2,1-2H3/b14-3-/t11-,13+,15+/m0/s1. The first-order chi connectivity index (χ1) is 11.0. The van der Waals surface area contributed by atoms with Crippen molar-refractivity contribution < 1.29 is 23.8 Å². The second-order valence-electron chi connectivity index (χ2n) is 5.54. The second-order valence-corrected chi connectivity index (χ2v) is 5.54. The molecule has 1 saturated heterocycles. The molecule has 6 heteroatoms. The van der Waals surface area contributed by atoms with Crippen molar-refractivity contribution in [2.24, 2.45) is 5.92 Å². The van der Waals surface area contributed by atoms with Crippen molar-refractivity contribution >= 4 is 12.0 Å². The Morgan fingerprint density at radius 2 is 2.13 bits per heavy atom. The molecule has 124 valence electrons.